The van der Waals surface area contributed by atoms with E-state index in [9.17, 15) is 0 Å². The number of aromatic nitrogens is 4. The molecule has 6 heteroatoms. The van der Waals surface area contributed by atoms with Crippen molar-refractivity contribution in [3.63, 3.8) is 0 Å². The summed E-state index contributed by atoms with van der Waals surface area (Å²) in [6, 6.07) is 5.37. The van der Waals surface area contributed by atoms with Crippen LogP contribution in [0.15, 0.2) is 24.5 Å². The monoisotopic (exact) mass is 209 g/mol. The Morgan fingerprint density at radius 2 is 2.29 bits per heavy atom. The van der Waals surface area contributed by atoms with Gasteiger partial charge in [0.1, 0.15) is 0 Å². The minimum Gasteiger partial charge on any atom is -0.326 e. The lowest BCUT2D eigenvalue weighted by Crippen LogP contribution is -2.06. The molecule has 0 aliphatic rings. The molecular formula is C8H8ClN5. The summed E-state index contributed by atoms with van der Waals surface area (Å²) in [7, 11) is 0. The van der Waals surface area contributed by atoms with Crippen LogP contribution in [0.1, 0.15) is 5.56 Å². The summed E-state index contributed by atoms with van der Waals surface area (Å²) in [6.07, 6.45) is 1.37. The van der Waals surface area contributed by atoms with Crippen LogP contribution in [0.4, 0.5) is 0 Å². The highest BCUT2D eigenvalue weighted by atomic mass is 35.5. The van der Waals surface area contributed by atoms with E-state index < -0.39 is 0 Å². The number of hydrogen-bond acceptors (Lipinski definition) is 4. The second-order valence-electron chi connectivity index (χ2n) is 2.70. The van der Waals surface area contributed by atoms with Crippen molar-refractivity contribution in [2.24, 2.45) is 5.73 Å². The van der Waals surface area contributed by atoms with Crippen LogP contribution < -0.4 is 5.73 Å². The Morgan fingerprint density at radius 1 is 1.43 bits per heavy atom. The van der Waals surface area contributed by atoms with Crippen molar-refractivity contribution < 1.29 is 0 Å². The largest absolute Gasteiger partial charge is 0.326 e. The smallest absolute Gasteiger partial charge is 0.162 e. The SMILES string of the molecule is NCc1cc(Cl)ccc1-n1ncnn1. The van der Waals surface area contributed by atoms with E-state index in [2.05, 4.69) is 15.4 Å². The van der Waals surface area contributed by atoms with Gasteiger partial charge in [0.2, 0.25) is 0 Å². The average Bonchev–Trinajstić information content (AvgIpc) is 2.70. The van der Waals surface area contributed by atoms with Crippen LogP contribution in [0.5, 0.6) is 0 Å². The summed E-state index contributed by atoms with van der Waals surface area (Å²) in [5, 5.41) is 12.0. The van der Waals surface area contributed by atoms with Crippen LogP contribution in [-0.4, -0.2) is 20.2 Å². The summed E-state index contributed by atoms with van der Waals surface area (Å²) < 4.78 is 0. The fourth-order valence-electron chi connectivity index (χ4n) is 1.19. The van der Waals surface area contributed by atoms with E-state index in [1.54, 1.807) is 12.1 Å². The van der Waals surface area contributed by atoms with Gasteiger partial charge in [-0.15, -0.1) is 15.0 Å². The Balaban J connectivity index is 2.53. The van der Waals surface area contributed by atoms with E-state index in [0.717, 1.165) is 11.3 Å². The predicted molar refractivity (Wildman–Crippen MR) is 52.1 cm³/mol. The van der Waals surface area contributed by atoms with Gasteiger partial charge in [-0.05, 0) is 29.0 Å². The fourth-order valence-corrected chi connectivity index (χ4v) is 1.38. The molecule has 0 saturated heterocycles. The van der Waals surface area contributed by atoms with Crippen molar-refractivity contribution >= 4 is 11.6 Å². The number of hydrogen-bond donors (Lipinski definition) is 1. The lowest BCUT2D eigenvalue weighted by molar-refractivity contribution is 0.711. The predicted octanol–water partition coefficient (Wildman–Crippen LogP) is 0.774. The van der Waals surface area contributed by atoms with Gasteiger partial charge in [0.15, 0.2) is 6.33 Å². The molecule has 0 spiro atoms. The first-order valence-electron chi connectivity index (χ1n) is 4.03. The van der Waals surface area contributed by atoms with Crippen molar-refractivity contribution in [1.82, 2.24) is 20.2 Å². The lowest BCUT2D eigenvalue weighted by Gasteiger charge is -2.05. The summed E-state index contributed by atoms with van der Waals surface area (Å²) in [6.45, 7) is 0.386. The minimum absolute atomic E-state index is 0.386. The first kappa shape index (κ1) is 9.11. The maximum Gasteiger partial charge on any atom is 0.162 e. The molecule has 0 fully saturated rings. The average molecular weight is 210 g/mol. The number of halogens is 1. The van der Waals surface area contributed by atoms with Gasteiger partial charge in [-0.3, -0.25) is 0 Å². The number of nitrogens with two attached hydrogens (primary N) is 1. The third-order valence-electron chi connectivity index (χ3n) is 1.83. The number of rotatable bonds is 2. The van der Waals surface area contributed by atoms with Gasteiger partial charge in [-0.1, -0.05) is 11.6 Å². The molecule has 0 amide bonds. The van der Waals surface area contributed by atoms with Crippen LogP contribution in [-0.2, 0) is 6.54 Å². The molecule has 0 bridgehead atoms. The summed E-state index contributed by atoms with van der Waals surface area (Å²) >= 11 is 5.84. The van der Waals surface area contributed by atoms with E-state index in [-0.39, 0.29) is 0 Å². The maximum atomic E-state index is 5.84. The summed E-state index contributed by atoms with van der Waals surface area (Å²) in [5.41, 5.74) is 7.26. The van der Waals surface area contributed by atoms with Gasteiger partial charge in [0, 0.05) is 11.6 Å². The molecule has 0 radical (unpaired) electrons. The third kappa shape index (κ3) is 1.59. The molecule has 0 saturated carbocycles. The molecule has 14 heavy (non-hydrogen) atoms. The first-order valence-corrected chi connectivity index (χ1v) is 4.41. The zero-order valence-electron chi connectivity index (χ0n) is 7.26. The van der Waals surface area contributed by atoms with E-state index >= 15 is 0 Å². The molecule has 1 aromatic heterocycles. The van der Waals surface area contributed by atoms with Gasteiger partial charge in [0.25, 0.3) is 0 Å². The fraction of sp³-hybridized carbons (Fsp3) is 0.125. The highest BCUT2D eigenvalue weighted by molar-refractivity contribution is 6.30. The van der Waals surface area contributed by atoms with E-state index in [0.29, 0.717) is 11.6 Å². The molecule has 2 N–H and O–H groups in total. The lowest BCUT2D eigenvalue weighted by atomic mass is 10.2. The molecule has 1 aromatic carbocycles. The molecule has 0 aliphatic heterocycles. The molecule has 0 aliphatic carbocycles. The summed E-state index contributed by atoms with van der Waals surface area (Å²) in [4.78, 5) is 1.42. The minimum atomic E-state index is 0.386. The first-order chi connectivity index (χ1) is 6.81. The molecular weight excluding hydrogens is 202 g/mol. The zero-order valence-corrected chi connectivity index (χ0v) is 8.02. The Bertz CT molecular complexity index is 425. The third-order valence-corrected chi connectivity index (χ3v) is 2.06. The van der Waals surface area contributed by atoms with E-state index in [1.807, 2.05) is 6.07 Å². The maximum absolute atomic E-state index is 5.84. The van der Waals surface area contributed by atoms with E-state index in [1.165, 1.54) is 11.1 Å². The van der Waals surface area contributed by atoms with Crippen molar-refractivity contribution in [3.05, 3.63) is 35.1 Å². The van der Waals surface area contributed by atoms with Gasteiger partial charge in [-0.2, -0.15) is 0 Å². The number of nitrogens with zero attached hydrogens (tertiary/aromatic N) is 4. The van der Waals surface area contributed by atoms with Crippen LogP contribution in [0.25, 0.3) is 5.69 Å². The molecule has 2 aromatic rings. The van der Waals surface area contributed by atoms with Crippen LogP contribution in [0.3, 0.4) is 0 Å². The van der Waals surface area contributed by atoms with Crippen LogP contribution in [0.2, 0.25) is 5.02 Å². The highest BCUT2D eigenvalue weighted by Crippen LogP contribution is 2.17. The second-order valence-corrected chi connectivity index (χ2v) is 3.14. The van der Waals surface area contributed by atoms with Gasteiger partial charge < -0.3 is 5.73 Å². The van der Waals surface area contributed by atoms with E-state index in [4.69, 9.17) is 17.3 Å². The highest BCUT2D eigenvalue weighted by Gasteiger charge is 2.05. The Labute approximate surface area is 85.5 Å². The van der Waals surface area contributed by atoms with Crippen molar-refractivity contribution in [2.75, 3.05) is 0 Å². The normalized spacial score (nSPS) is 10.4. The van der Waals surface area contributed by atoms with Gasteiger partial charge >= 0.3 is 0 Å². The van der Waals surface area contributed by atoms with Crippen LogP contribution in [0, 0.1) is 0 Å². The molecule has 0 atom stereocenters. The van der Waals surface area contributed by atoms with Gasteiger partial charge in [0.05, 0.1) is 5.69 Å². The Morgan fingerprint density at radius 3 is 2.93 bits per heavy atom. The standard InChI is InChI=1S/C8H8ClN5/c9-7-1-2-8(6(3-7)4-10)14-12-5-11-13-14/h1-3,5H,4,10H2. The van der Waals surface area contributed by atoms with Crippen molar-refractivity contribution in [2.45, 2.75) is 6.54 Å². The Hall–Kier alpha value is -1.46. The Kier molecular flexibility index (Phi) is 2.43. The topological polar surface area (TPSA) is 69.6 Å². The van der Waals surface area contributed by atoms with Gasteiger partial charge in [-0.25, -0.2) is 0 Å². The molecule has 0 unspecified atom stereocenters. The molecule has 2 rings (SSSR count). The molecule has 5 nitrogen and oxygen atoms in total. The van der Waals surface area contributed by atoms with Crippen molar-refractivity contribution in [1.29, 1.82) is 0 Å². The number of benzene rings is 1. The second kappa shape index (κ2) is 3.73. The molecule has 72 valence electrons. The zero-order chi connectivity index (χ0) is 9.97. The van der Waals surface area contributed by atoms with Crippen molar-refractivity contribution in [3.8, 4) is 5.69 Å². The summed E-state index contributed by atoms with van der Waals surface area (Å²) in [5.74, 6) is 0. The van der Waals surface area contributed by atoms with Crippen LogP contribution >= 0.6 is 11.6 Å². The quantitative estimate of drug-likeness (QED) is 0.794. The number of tetrazole rings is 1. The molecule has 1 heterocycles.